The van der Waals surface area contributed by atoms with Crippen molar-refractivity contribution in [2.75, 3.05) is 13.1 Å². The van der Waals surface area contributed by atoms with E-state index < -0.39 is 5.82 Å². The highest BCUT2D eigenvalue weighted by Crippen LogP contribution is 2.19. The fourth-order valence-corrected chi connectivity index (χ4v) is 3.12. The van der Waals surface area contributed by atoms with Gasteiger partial charge in [0, 0.05) is 18.1 Å². The molecule has 2 aromatic carbocycles. The number of hydrogen-bond acceptors (Lipinski definition) is 2. The Labute approximate surface area is 146 Å². The summed E-state index contributed by atoms with van der Waals surface area (Å²) in [6.07, 6.45) is 1.69. The van der Waals surface area contributed by atoms with Crippen molar-refractivity contribution in [3.63, 3.8) is 0 Å². The number of amides is 1. The first-order chi connectivity index (χ1) is 11.6. The fraction of sp³-hybridized carbons (Fsp3) is 0.316. The molecule has 2 aromatic rings. The summed E-state index contributed by atoms with van der Waals surface area (Å²) in [5.74, 6) is -0.756. The number of halogens is 2. The lowest BCUT2D eigenvalue weighted by Gasteiger charge is -2.32. The largest absolute Gasteiger partial charge is 0.372 e. The van der Waals surface area contributed by atoms with E-state index in [1.807, 2.05) is 24.3 Å². The van der Waals surface area contributed by atoms with Crippen LogP contribution in [0.25, 0.3) is 0 Å². The summed E-state index contributed by atoms with van der Waals surface area (Å²) in [7, 11) is 0. The quantitative estimate of drug-likeness (QED) is 0.825. The molecule has 0 radical (unpaired) electrons. The van der Waals surface area contributed by atoms with Crippen molar-refractivity contribution < 1.29 is 13.9 Å². The molecule has 1 heterocycles. The third-order valence-corrected chi connectivity index (χ3v) is 4.38. The average molecular weight is 348 g/mol. The SMILES string of the molecule is O=C(c1ccccc1F)N1CCC[C@H](OCc2cccc(Cl)c2)C1. The summed E-state index contributed by atoms with van der Waals surface area (Å²) in [6.45, 7) is 1.56. The summed E-state index contributed by atoms with van der Waals surface area (Å²) in [4.78, 5) is 14.2. The molecule has 1 amide bonds. The van der Waals surface area contributed by atoms with Crippen LogP contribution in [0, 0.1) is 5.82 Å². The lowest BCUT2D eigenvalue weighted by Crippen LogP contribution is -2.43. The van der Waals surface area contributed by atoms with Gasteiger partial charge in [-0.1, -0.05) is 35.9 Å². The van der Waals surface area contributed by atoms with Gasteiger partial charge in [0.05, 0.1) is 18.3 Å². The summed E-state index contributed by atoms with van der Waals surface area (Å²) < 4.78 is 19.7. The molecule has 3 nitrogen and oxygen atoms in total. The van der Waals surface area contributed by atoms with Crippen LogP contribution in [0.3, 0.4) is 0 Å². The van der Waals surface area contributed by atoms with Crippen LogP contribution in [0.2, 0.25) is 5.02 Å². The number of carbonyl (C=O) groups is 1. The maximum atomic E-state index is 13.8. The van der Waals surface area contributed by atoms with Crippen molar-refractivity contribution >= 4 is 17.5 Å². The van der Waals surface area contributed by atoms with Crippen molar-refractivity contribution in [2.24, 2.45) is 0 Å². The Hall–Kier alpha value is -1.91. The zero-order valence-electron chi connectivity index (χ0n) is 13.3. The molecule has 0 saturated carbocycles. The molecule has 126 valence electrons. The van der Waals surface area contributed by atoms with Gasteiger partial charge in [0.1, 0.15) is 5.82 Å². The lowest BCUT2D eigenvalue weighted by molar-refractivity contribution is -0.00685. The molecule has 0 N–H and O–H groups in total. The molecule has 0 aliphatic carbocycles. The molecule has 3 rings (SSSR count). The molecule has 1 aliphatic rings. The van der Waals surface area contributed by atoms with Gasteiger partial charge in [0.25, 0.3) is 5.91 Å². The van der Waals surface area contributed by atoms with E-state index in [9.17, 15) is 9.18 Å². The van der Waals surface area contributed by atoms with Crippen LogP contribution in [-0.4, -0.2) is 30.0 Å². The molecular formula is C19H19ClFNO2. The van der Waals surface area contributed by atoms with Crippen molar-refractivity contribution in [1.29, 1.82) is 0 Å². The van der Waals surface area contributed by atoms with E-state index >= 15 is 0 Å². The minimum Gasteiger partial charge on any atom is -0.372 e. The molecule has 0 aromatic heterocycles. The molecule has 0 unspecified atom stereocenters. The minimum atomic E-state index is -0.482. The average Bonchev–Trinajstić information content (AvgIpc) is 2.60. The maximum absolute atomic E-state index is 13.8. The van der Waals surface area contributed by atoms with Gasteiger partial charge in [0.2, 0.25) is 0 Å². The van der Waals surface area contributed by atoms with Crippen LogP contribution in [-0.2, 0) is 11.3 Å². The molecule has 1 fully saturated rings. The van der Waals surface area contributed by atoms with Gasteiger partial charge in [-0.2, -0.15) is 0 Å². The lowest BCUT2D eigenvalue weighted by atomic mass is 10.1. The number of likely N-dealkylation sites (tertiary alicyclic amines) is 1. The summed E-state index contributed by atoms with van der Waals surface area (Å²) >= 11 is 5.97. The predicted octanol–water partition coefficient (Wildman–Crippen LogP) is 4.30. The zero-order chi connectivity index (χ0) is 16.9. The zero-order valence-corrected chi connectivity index (χ0v) is 14.0. The van der Waals surface area contributed by atoms with Crippen molar-refractivity contribution in [3.8, 4) is 0 Å². The summed E-state index contributed by atoms with van der Waals surface area (Å²) in [5, 5.41) is 0.677. The Balaban J connectivity index is 1.60. The highest BCUT2D eigenvalue weighted by Gasteiger charge is 2.26. The van der Waals surface area contributed by atoms with Gasteiger partial charge in [-0.3, -0.25) is 4.79 Å². The second-order valence-corrected chi connectivity index (χ2v) is 6.37. The van der Waals surface area contributed by atoms with Gasteiger partial charge in [-0.05, 0) is 42.7 Å². The number of piperidine rings is 1. The molecule has 1 atom stereocenters. The van der Waals surface area contributed by atoms with Gasteiger partial charge < -0.3 is 9.64 Å². The van der Waals surface area contributed by atoms with Crippen molar-refractivity contribution in [2.45, 2.75) is 25.6 Å². The fourth-order valence-electron chi connectivity index (χ4n) is 2.90. The van der Waals surface area contributed by atoms with E-state index in [2.05, 4.69) is 0 Å². The Morgan fingerprint density at radius 1 is 1.25 bits per heavy atom. The molecule has 1 saturated heterocycles. The minimum absolute atomic E-state index is 0.0477. The molecule has 0 spiro atoms. The summed E-state index contributed by atoms with van der Waals surface area (Å²) in [5.41, 5.74) is 1.12. The van der Waals surface area contributed by atoms with Gasteiger partial charge >= 0.3 is 0 Å². The first-order valence-corrected chi connectivity index (χ1v) is 8.41. The van der Waals surface area contributed by atoms with Gasteiger partial charge in [0.15, 0.2) is 0 Å². The maximum Gasteiger partial charge on any atom is 0.256 e. The second-order valence-electron chi connectivity index (χ2n) is 5.94. The Morgan fingerprint density at radius 2 is 2.08 bits per heavy atom. The van der Waals surface area contributed by atoms with Crippen LogP contribution < -0.4 is 0 Å². The smallest absolute Gasteiger partial charge is 0.256 e. The van der Waals surface area contributed by atoms with Crippen molar-refractivity contribution in [1.82, 2.24) is 4.90 Å². The molecule has 5 heteroatoms. The van der Waals surface area contributed by atoms with E-state index in [0.29, 0.717) is 24.7 Å². The molecule has 0 bridgehead atoms. The molecule has 24 heavy (non-hydrogen) atoms. The van der Waals surface area contributed by atoms with E-state index in [1.165, 1.54) is 12.1 Å². The van der Waals surface area contributed by atoms with Crippen LogP contribution in [0.5, 0.6) is 0 Å². The van der Waals surface area contributed by atoms with E-state index in [4.69, 9.17) is 16.3 Å². The van der Waals surface area contributed by atoms with Crippen molar-refractivity contribution in [3.05, 3.63) is 70.5 Å². The second kappa shape index (κ2) is 7.77. The van der Waals surface area contributed by atoms with Gasteiger partial charge in [-0.15, -0.1) is 0 Å². The van der Waals surface area contributed by atoms with Crippen LogP contribution in [0.1, 0.15) is 28.8 Å². The topological polar surface area (TPSA) is 29.5 Å². The Morgan fingerprint density at radius 3 is 2.88 bits per heavy atom. The van der Waals surface area contributed by atoms with E-state index in [-0.39, 0.29) is 17.6 Å². The predicted molar refractivity (Wildman–Crippen MR) is 91.6 cm³/mol. The van der Waals surface area contributed by atoms with E-state index in [1.54, 1.807) is 17.0 Å². The standard InChI is InChI=1S/C19H19ClFNO2/c20-15-6-3-5-14(11-15)13-24-16-7-4-10-22(12-16)19(23)17-8-1-2-9-18(17)21/h1-3,5-6,8-9,11,16H,4,7,10,12-13H2/t16-/m0/s1. The van der Waals surface area contributed by atoms with Crippen LogP contribution >= 0.6 is 11.6 Å². The highest BCUT2D eigenvalue weighted by molar-refractivity contribution is 6.30. The number of rotatable bonds is 4. The highest BCUT2D eigenvalue weighted by atomic mass is 35.5. The number of hydrogen-bond donors (Lipinski definition) is 0. The molecule has 1 aliphatic heterocycles. The number of carbonyl (C=O) groups excluding carboxylic acids is 1. The monoisotopic (exact) mass is 347 g/mol. The number of benzene rings is 2. The third-order valence-electron chi connectivity index (χ3n) is 4.14. The number of nitrogens with zero attached hydrogens (tertiary/aromatic N) is 1. The molecular weight excluding hydrogens is 329 g/mol. The summed E-state index contributed by atoms with van der Waals surface area (Å²) in [6, 6.07) is 13.6. The number of ether oxygens (including phenoxy) is 1. The van der Waals surface area contributed by atoms with E-state index in [0.717, 1.165) is 18.4 Å². The normalized spacial score (nSPS) is 17.8. The van der Waals surface area contributed by atoms with Crippen LogP contribution in [0.4, 0.5) is 4.39 Å². The third kappa shape index (κ3) is 4.13. The van der Waals surface area contributed by atoms with Crippen LogP contribution in [0.15, 0.2) is 48.5 Å². The first kappa shape index (κ1) is 16.9. The van der Waals surface area contributed by atoms with Gasteiger partial charge in [-0.25, -0.2) is 4.39 Å². The Bertz CT molecular complexity index is 722. The Kier molecular flexibility index (Phi) is 5.48. The first-order valence-electron chi connectivity index (χ1n) is 8.03.